The highest BCUT2D eigenvalue weighted by Gasteiger charge is 2.20. The smallest absolute Gasteiger partial charge is 0.232 e. The highest BCUT2D eigenvalue weighted by molar-refractivity contribution is 7.92. The minimum absolute atomic E-state index is 0.0200. The maximum Gasteiger partial charge on any atom is 0.232 e. The van der Waals surface area contributed by atoms with E-state index in [9.17, 15) is 13.2 Å². The Labute approximate surface area is 197 Å². The number of rotatable bonds is 9. The van der Waals surface area contributed by atoms with Crippen LogP contribution >= 0.6 is 23.2 Å². The summed E-state index contributed by atoms with van der Waals surface area (Å²) in [5.41, 5.74) is 3.31. The molecule has 1 amide bonds. The molecule has 3 aromatic carbocycles. The van der Waals surface area contributed by atoms with Crippen LogP contribution in [0.3, 0.4) is 0 Å². The van der Waals surface area contributed by atoms with Gasteiger partial charge in [0.25, 0.3) is 0 Å². The summed E-state index contributed by atoms with van der Waals surface area (Å²) >= 11 is 12.3. The molecule has 0 spiro atoms. The molecule has 0 aliphatic rings. The second kappa shape index (κ2) is 10.4. The third-order valence-electron chi connectivity index (χ3n) is 4.90. The van der Waals surface area contributed by atoms with Gasteiger partial charge in [-0.1, -0.05) is 59.6 Å². The lowest BCUT2D eigenvalue weighted by atomic mass is 10.1. The van der Waals surface area contributed by atoms with Crippen molar-refractivity contribution >= 4 is 51.0 Å². The van der Waals surface area contributed by atoms with E-state index in [1.165, 1.54) is 9.21 Å². The summed E-state index contributed by atoms with van der Waals surface area (Å²) < 4.78 is 26.2. The van der Waals surface area contributed by atoms with Gasteiger partial charge in [-0.15, -0.1) is 0 Å². The minimum atomic E-state index is -3.61. The van der Waals surface area contributed by atoms with Gasteiger partial charge in [0.05, 0.1) is 41.7 Å². The van der Waals surface area contributed by atoms with E-state index in [0.717, 1.165) is 23.8 Å². The maximum absolute atomic E-state index is 12.5. The van der Waals surface area contributed by atoms with Crippen LogP contribution < -0.4 is 9.21 Å². The molecule has 168 valence electrons. The van der Waals surface area contributed by atoms with Gasteiger partial charge in [0, 0.05) is 5.69 Å². The number of carbonyl (C=O) groups is 1. The van der Waals surface area contributed by atoms with Crippen molar-refractivity contribution in [2.75, 3.05) is 15.5 Å². The van der Waals surface area contributed by atoms with Gasteiger partial charge in [-0.3, -0.25) is 9.10 Å². The van der Waals surface area contributed by atoms with Crippen LogP contribution in [0.15, 0.2) is 66.7 Å². The van der Waals surface area contributed by atoms with E-state index in [0.29, 0.717) is 33.5 Å². The van der Waals surface area contributed by atoms with Crippen molar-refractivity contribution in [1.29, 1.82) is 0 Å². The second-order valence-corrected chi connectivity index (χ2v) is 9.90. The number of hydrogen-bond acceptors (Lipinski definition) is 4. The highest BCUT2D eigenvalue weighted by Crippen LogP contribution is 2.30. The predicted molar refractivity (Wildman–Crippen MR) is 129 cm³/mol. The number of halogens is 2. The molecule has 9 heteroatoms. The van der Waals surface area contributed by atoms with Crippen LogP contribution in [-0.4, -0.2) is 26.2 Å². The van der Waals surface area contributed by atoms with Gasteiger partial charge in [-0.25, -0.2) is 8.42 Å². The Balaban J connectivity index is 1.84. The monoisotopic (exact) mass is 492 g/mol. The number of hydrogen-bond donors (Lipinski definition) is 1. The summed E-state index contributed by atoms with van der Waals surface area (Å²) in [6.07, 6.45) is 1.84. The number of amides is 1. The third kappa shape index (κ3) is 5.81. The Morgan fingerprint density at radius 3 is 2.03 bits per heavy atom. The first-order valence-corrected chi connectivity index (χ1v) is 12.2. The molecular formula is C23H22Cl2N2O4S. The first kappa shape index (κ1) is 24.1. The van der Waals surface area contributed by atoms with Crippen molar-refractivity contribution in [1.82, 2.24) is 0 Å². The molecule has 0 saturated carbocycles. The van der Waals surface area contributed by atoms with E-state index in [1.807, 2.05) is 12.1 Å². The van der Waals surface area contributed by atoms with Crippen LogP contribution in [0.2, 0.25) is 10.0 Å². The van der Waals surface area contributed by atoms with Crippen LogP contribution in [-0.2, 0) is 34.5 Å². The Morgan fingerprint density at radius 2 is 1.47 bits per heavy atom. The molecule has 0 saturated heterocycles. The molecule has 0 bridgehead atoms. The van der Waals surface area contributed by atoms with Gasteiger partial charge < -0.3 is 10.0 Å². The number of carbonyl (C=O) groups excluding carboxylic acids is 1. The molecule has 0 unspecified atom stereocenters. The highest BCUT2D eigenvalue weighted by atomic mass is 35.5. The number of sulfonamides is 1. The van der Waals surface area contributed by atoms with Crippen molar-refractivity contribution < 1.29 is 18.3 Å². The summed E-state index contributed by atoms with van der Waals surface area (Å²) in [4.78, 5) is 13.2. The quantitative estimate of drug-likeness (QED) is 0.442. The summed E-state index contributed by atoms with van der Waals surface area (Å²) in [5.74, 6) is 0. The molecule has 0 heterocycles. The van der Waals surface area contributed by atoms with Crippen LogP contribution in [0, 0.1) is 0 Å². The lowest BCUT2D eigenvalue weighted by Gasteiger charge is -2.24. The van der Waals surface area contributed by atoms with E-state index in [4.69, 9.17) is 28.3 Å². The molecule has 3 aromatic rings. The molecular weight excluding hydrogens is 471 g/mol. The van der Waals surface area contributed by atoms with Crippen molar-refractivity contribution in [2.45, 2.75) is 19.7 Å². The molecule has 0 aliphatic heterocycles. The number of nitrogens with zero attached hydrogens (tertiary/aromatic N) is 2. The Kier molecular flexibility index (Phi) is 7.79. The average Bonchev–Trinajstić information content (AvgIpc) is 2.78. The zero-order valence-corrected chi connectivity index (χ0v) is 19.6. The van der Waals surface area contributed by atoms with Gasteiger partial charge in [0.15, 0.2) is 0 Å². The second-order valence-electron chi connectivity index (χ2n) is 7.21. The number of aliphatic hydroxyl groups is 1. The van der Waals surface area contributed by atoms with Crippen molar-refractivity contribution in [2.24, 2.45) is 0 Å². The fourth-order valence-electron chi connectivity index (χ4n) is 3.17. The standard InChI is InChI=1S/C23H22Cl2N2O4S/c1-32(30,31)27(14-19-3-2-4-22(24)23(19)25)21-11-9-20(10-12-21)26(16-29)13-17-5-7-18(15-28)8-6-17/h2-12,16,28H,13-15H2,1H3. The van der Waals surface area contributed by atoms with Gasteiger partial charge in [0.1, 0.15) is 0 Å². The first-order chi connectivity index (χ1) is 15.2. The van der Waals surface area contributed by atoms with E-state index < -0.39 is 10.0 Å². The third-order valence-corrected chi connectivity index (χ3v) is 6.90. The number of aliphatic hydroxyl groups excluding tert-OH is 1. The summed E-state index contributed by atoms with van der Waals surface area (Å²) in [5, 5.41) is 9.81. The topological polar surface area (TPSA) is 77.9 Å². The molecule has 1 N–H and O–H groups in total. The summed E-state index contributed by atoms with van der Waals surface area (Å²) in [7, 11) is -3.61. The number of benzene rings is 3. The summed E-state index contributed by atoms with van der Waals surface area (Å²) in [6.45, 7) is 0.311. The van der Waals surface area contributed by atoms with E-state index in [-0.39, 0.29) is 13.2 Å². The predicted octanol–water partition coefficient (Wildman–Crippen LogP) is 4.61. The maximum atomic E-state index is 12.5. The van der Waals surface area contributed by atoms with Gasteiger partial charge >= 0.3 is 0 Å². The van der Waals surface area contributed by atoms with Gasteiger partial charge in [0.2, 0.25) is 16.4 Å². The molecule has 0 fully saturated rings. The largest absolute Gasteiger partial charge is 0.392 e. The molecule has 0 radical (unpaired) electrons. The SMILES string of the molecule is CS(=O)(=O)N(Cc1cccc(Cl)c1Cl)c1ccc(N(C=O)Cc2ccc(CO)cc2)cc1. The van der Waals surface area contributed by atoms with E-state index in [2.05, 4.69) is 0 Å². The van der Waals surface area contributed by atoms with Crippen LogP contribution in [0.5, 0.6) is 0 Å². The van der Waals surface area contributed by atoms with Gasteiger partial charge in [-0.05, 0) is 47.0 Å². The Hall–Kier alpha value is -2.58. The first-order valence-electron chi connectivity index (χ1n) is 9.64. The zero-order valence-electron chi connectivity index (χ0n) is 17.3. The summed E-state index contributed by atoms with van der Waals surface area (Å²) in [6, 6.07) is 19.0. The van der Waals surface area contributed by atoms with Crippen molar-refractivity contribution in [3.63, 3.8) is 0 Å². The zero-order chi connectivity index (χ0) is 23.3. The van der Waals surface area contributed by atoms with Crippen LogP contribution in [0.1, 0.15) is 16.7 Å². The number of anilines is 2. The molecule has 0 aromatic heterocycles. The van der Waals surface area contributed by atoms with Crippen molar-refractivity contribution in [3.8, 4) is 0 Å². The molecule has 3 rings (SSSR count). The Bertz CT molecular complexity index is 1180. The molecule has 0 aliphatic carbocycles. The minimum Gasteiger partial charge on any atom is -0.392 e. The fourth-order valence-corrected chi connectivity index (χ4v) is 4.43. The van der Waals surface area contributed by atoms with Crippen molar-refractivity contribution in [3.05, 3.63) is 93.5 Å². The molecule has 0 atom stereocenters. The fraction of sp³-hybridized carbons (Fsp3) is 0.174. The van der Waals surface area contributed by atoms with E-state index in [1.54, 1.807) is 54.6 Å². The van der Waals surface area contributed by atoms with E-state index >= 15 is 0 Å². The lowest BCUT2D eigenvalue weighted by molar-refractivity contribution is -0.107. The van der Waals surface area contributed by atoms with Crippen LogP contribution in [0.4, 0.5) is 11.4 Å². The van der Waals surface area contributed by atoms with Gasteiger partial charge in [-0.2, -0.15) is 0 Å². The Morgan fingerprint density at radius 1 is 0.875 bits per heavy atom. The van der Waals surface area contributed by atoms with Crippen LogP contribution in [0.25, 0.3) is 0 Å². The normalized spacial score (nSPS) is 11.2. The molecule has 6 nitrogen and oxygen atoms in total. The average molecular weight is 493 g/mol. The molecule has 32 heavy (non-hydrogen) atoms. The lowest BCUT2D eigenvalue weighted by Crippen LogP contribution is -2.29.